The number of aromatic nitrogens is 5. The van der Waals surface area contributed by atoms with Gasteiger partial charge in [0.25, 0.3) is 5.91 Å². The predicted octanol–water partition coefficient (Wildman–Crippen LogP) is 3.85. The molecule has 3 heterocycles. The van der Waals surface area contributed by atoms with Crippen molar-refractivity contribution in [2.75, 3.05) is 31.1 Å². The Bertz CT molecular complexity index is 1350. The van der Waals surface area contributed by atoms with Crippen LogP contribution in [0.5, 0.6) is 0 Å². The number of amides is 1. The molecule has 0 N–H and O–H groups in total. The minimum atomic E-state index is -4.60. The molecule has 0 radical (unpaired) electrons. The van der Waals surface area contributed by atoms with Crippen molar-refractivity contribution in [2.24, 2.45) is 0 Å². The van der Waals surface area contributed by atoms with E-state index in [1.165, 1.54) is 29.4 Å². The summed E-state index contributed by atoms with van der Waals surface area (Å²) in [5.41, 5.74) is 0.442. The van der Waals surface area contributed by atoms with Crippen molar-refractivity contribution < 1.29 is 18.0 Å². The fraction of sp³-hybridized carbons (Fsp3) is 0.227. The molecule has 1 aliphatic rings. The monoisotopic (exact) mass is 487 g/mol. The SMILES string of the molecule is O=C(c1ccccc1C(F)(F)F)N1CCN(c2ncnc3c2nnn3-c2ccc(Cl)cc2)CC1. The van der Waals surface area contributed by atoms with E-state index in [4.69, 9.17) is 11.6 Å². The molecule has 0 aliphatic carbocycles. The van der Waals surface area contributed by atoms with E-state index in [-0.39, 0.29) is 18.7 Å². The minimum Gasteiger partial charge on any atom is -0.351 e. The molecule has 8 nitrogen and oxygen atoms in total. The number of anilines is 1. The summed E-state index contributed by atoms with van der Waals surface area (Å²) in [5, 5.41) is 9.02. The number of benzene rings is 2. The van der Waals surface area contributed by atoms with Gasteiger partial charge < -0.3 is 9.80 Å². The topological polar surface area (TPSA) is 80.0 Å². The molecule has 1 amide bonds. The number of carbonyl (C=O) groups is 1. The lowest BCUT2D eigenvalue weighted by Crippen LogP contribution is -2.49. The molecular formula is C22H17ClF3N7O. The van der Waals surface area contributed by atoms with Crippen LogP contribution >= 0.6 is 11.6 Å². The van der Waals surface area contributed by atoms with E-state index in [1.807, 2.05) is 4.90 Å². The van der Waals surface area contributed by atoms with E-state index in [2.05, 4.69) is 20.3 Å². The number of halogens is 4. The van der Waals surface area contributed by atoms with Crippen molar-refractivity contribution >= 4 is 34.5 Å². The van der Waals surface area contributed by atoms with Crippen molar-refractivity contribution in [3.05, 3.63) is 71.0 Å². The van der Waals surface area contributed by atoms with Gasteiger partial charge in [0, 0.05) is 31.2 Å². The Balaban J connectivity index is 1.36. The molecule has 1 saturated heterocycles. The number of piperazine rings is 1. The lowest BCUT2D eigenvalue weighted by Gasteiger charge is -2.35. The molecule has 2 aromatic carbocycles. The van der Waals surface area contributed by atoms with E-state index < -0.39 is 17.6 Å². The lowest BCUT2D eigenvalue weighted by molar-refractivity contribution is -0.138. The summed E-state index contributed by atoms with van der Waals surface area (Å²) in [7, 11) is 0. The highest BCUT2D eigenvalue weighted by Crippen LogP contribution is 2.33. The lowest BCUT2D eigenvalue weighted by atomic mass is 10.1. The van der Waals surface area contributed by atoms with E-state index in [0.29, 0.717) is 35.1 Å². The van der Waals surface area contributed by atoms with Gasteiger partial charge in [-0.3, -0.25) is 4.79 Å². The smallest absolute Gasteiger partial charge is 0.351 e. The van der Waals surface area contributed by atoms with Crippen LogP contribution in [0.3, 0.4) is 0 Å². The first kappa shape index (κ1) is 22.1. The molecule has 2 aromatic heterocycles. The number of hydrogen-bond donors (Lipinski definition) is 0. The standard InChI is InChI=1S/C22H17ClF3N7O/c23-14-5-7-15(8-6-14)33-20-18(29-30-33)19(27-13-28-20)31-9-11-32(12-10-31)21(34)16-3-1-2-4-17(16)22(24,25)26/h1-8,13H,9-12H2. The summed E-state index contributed by atoms with van der Waals surface area (Å²) in [6.45, 7) is 1.23. The van der Waals surface area contributed by atoms with Crippen LogP contribution in [0.15, 0.2) is 54.9 Å². The van der Waals surface area contributed by atoms with Crippen LogP contribution < -0.4 is 4.90 Å². The summed E-state index contributed by atoms with van der Waals surface area (Å²) < 4.78 is 41.6. The molecule has 0 atom stereocenters. The van der Waals surface area contributed by atoms with Crippen LogP contribution in [0.25, 0.3) is 16.9 Å². The Morgan fingerprint density at radius 2 is 1.65 bits per heavy atom. The maximum Gasteiger partial charge on any atom is 0.417 e. The van der Waals surface area contributed by atoms with Crippen LogP contribution in [-0.2, 0) is 6.18 Å². The van der Waals surface area contributed by atoms with Gasteiger partial charge in [0.15, 0.2) is 17.0 Å². The van der Waals surface area contributed by atoms with Gasteiger partial charge in [-0.05, 0) is 36.4 Å². The Labute approximate surface area is 196 Å². The number of alkyl halides is 3. The molecule has 0 unspecified atom stereocenters. The highest BCUT2D eigenvalue weighted by Gasteiger charge is 2.36. The Hall–Kier alpha value is -3.73. The van der Waals surface area contributed by atoms with E-state index >= 15 is 0 Å². The molecule has 1 fully saturated rings. The third kappa shape index (κ3) is 4.03. The van der Waals surface area contributed by atoms with E-state index in [9.17, 15) is 18.0 Å². The second-order valence-electron chi connectivity index (χ2n) is 7.67. The second kappa shape index (κ2) is 8.56. The summed E-state index contributed by atoms with van der Waals surface area (Å²) in [6, 6.07) is 11.9. The zero-order chi connectivity index (χ0) is 23.9. The molecule has 1 aliphatic heterocycles. The van der Waals surface area contributed by atoms with Crippen LogP contribution in [0.4, 0.5) is 19.0 Å². The van der Waals surface area contributed by atoms with Gasteiger partial charge in [-0.15, -0.1) is 5.10 Å². The Morgan fingerprint density at radius 3 is 2.35 bits per heavy atom. The van der Waals surface area contributed by atoms with Gasteiger partial charge >= 0.3 is 6.18 Å². The molecule has 12 heteroatoms. The van der Waals surface area contributed by atoms with Crippen LogP contribution in [0.1, 0.15) is 15.9 Å². The van der Waals surface area contributed by atoms with Gasteiger partial charge in [-0.2, -0.15) is 17.9 Å². The molecule has 0 spiro atoms. The summed E-state index contributed by atoms with van der Waals surface area (Å²) in [4.78, 5) is 24.9. The van der Waals surface area contributed by atoms with Gasteiger partial charge in [0.2, 0.25) is 0 Å². The van der Waals surface area contributed by atoms with Gasteiger partial charge in [0.05, 0.1) is 16.8 Å². The van der Waals surface area contributed by atoms with Crippen molar-refractivity contribution in [3.63, 3.8) is 0 Å². The normalized spacial score (nSPS) is 14.6. The first-order valence-electron chi connectivity index (χ1n) is 10.4. The molecule has 174 valence electrons. The van der Waals surface area contributed by atoms with Crippen molar-refractivity contribution in [1.82, 2.24) is 29.9 Å². The maximum absolute atomic E-state index is 13.3. The minimum absolute atomic E-state index is 0.238. The molecule has 5 rings (SSSR count). The summed E-state index contributed by atoms with van der Waals surface area (Å²) in [5.74, 6) is -0.0953. The van der Waals surface area contributed by atoms with Gasteiger partial charge in [-0.1, -0.05) is 28.9 Å². The number of fused-ring (bicyclic) bond motifs is 1. The highest BCUT2D eigenvalue weighted by molar-refractivity contribution is 6.30. The number of carbonyl (C=O) groups excluding carboxylic acids is 1. The molecule has 0 saturated carbocycles. The third-order valence-electron chi connectivity index (χ3n) is 5.62. The predicted molar refractivity (Wildman–Crippen MR) is 119 cm³/mol. The van der Waals surface area contributed by atoms with Crippen LogP contribution in [0, 0.1) is 0 Å². The quantitative estimate of drug-likeness (QED) is 0.437. The fourth-order valence-electron chi connectivity index (χ4n) is 3.93. The van der Waals surface area contributed by atoms with Crippen molar-refractivity contribution in [3.8, 4) is 5.69 Å². The molecule has 0 bridgehead atoms. The third-order valence-corrected chi connectivity index (χ3v) is 5.87. The Kier molecular flexibility index (Phi) is 5.56. The maximum atomic E-state index is 13.3. The van der Waals surface area contributed by atoms with Crippen molar-refractivity contribution in [2.45, 2.75) is 6.18 Å². The first-order valence-corrected chi connectivity index (χ1v) is 10.7. The van der Waals surface area contributed by atoms with Gasteiger partial charge in [0.1, 0.15) is 6.33 Å². The highest BCUT2D eigenvalue weighted by atomic mass is 35.5. The molecular weight excluding hydrogens is 471 g/mol. The number of rotatable bonds is 3. The number of hydrogen-bond acceptors (Lipinski definition) is 6. The van der Waals surface area contributed by atoms with E-state index in [0.717, 1.165) is 11.8 Å². The molecule has 34 heavy (non-hydrogen) atoms. The average molecular weight is 488 g/mol. The summed E-state index contributed by atoms with van der Waals surface area (Å²) >= 11 is 5.96. The average Bonchev–Trinajstić information content (AvgIpc) is 3.28. The second-order valence-corrected chi connectivity index (χ2v) is 8.11. The largest absolute Gasteiger partial charge is 0.417 e. The fourth-order valence-corrected chi connectivity index (χ4v) is 4.06. The van der Waals surface area contributed by atoms with Crippen LogP contribution in [-0.4, -0.2) is 61.9 Å². The molecule has 4 aromatic rings. The Morgan fingerprint density at radius 1 is 0.941 bits per heavy atom. The zero-order valence-corrected chi connectivity index (χ0v) is 18.3. The van der Waals surface area contributed by atoms with Crippen LogP contribution in [0.2, 0.25) is 5.02 Å². The first-order chi connectivity index (χ1) is 16.3. The van der Waals surface area contributed by atoms with E-state index in [1.54, 1.807) is 28.9 Å². The van der Waals surface area contributed by atoms with Crippen molar-refractivity contribution in [1.29, 1.82) is 0 Å². The zero-order valence-electron chi connectivity index (χ0n) is 17.6. The van der Waals surface area contributed by atoms with Gasteiger partial charge in [-0.25, -0.2) is 9.97 Å². The summed E-state index contributed by atoms with van der Waals surface area (Å²) in [6.07, 6.45) is -3.19. The number of nitrogens with zero attached hydrogens (tertiary/aromatic N) is 7.